The van der Waals surface area contributed by atoms with Gasteiger partial charge in [-0.1, -0.05) is 30.7 Å². The number of aromatic amines is 2. The second kappa shape index (κ2) is 4.87. The molecule has 4 nitrogen and oxygen atoms in total. The highest BCUT2D eigenvalue weighted by Gasteiger charge is 2.31. The molecule has 2 heterocycles. The van der Waals surface area contributed by atoms with Crippen LogP contribution in [0.25, 0.3) is 0 Å². The number of hydrogen-bond acceptors (Lipinski definition) is 2. The van der Waals surface area contributed by atoms with E-state index in [2.05, 4.69) is 17.1 Å². The van der Waals surface area contributed by atoms with E-state index in [0.29, 0.717) is 10.6 Å². The number of ether oxygens (including phenoxy) is 1. The topological polar surface area (TPSA) is 57.9 Å². The second-order valence-electron chi connectivity index (χ2n) is 4.77. The lowest BCUT2D eigenvalue weighted by Crippen LogP contribution is -2.28. The van der Waals surface area contributed by atoms with Crippen LogP contribution in [0.3, 0.4) is 0 Å². The Morgan fingerprint density at radius 1 is 1.32 bits per heavy atom. The number of hydrogen-bond donors (Lipinski definition) is 2. The molecule has 0 saturated heterocycles. The highest BCUT2D eigenvalue weighted by atomic mass is 35.5. The van der Waals surface area contributed by atoms with Gasteiger partial charge >= 0.3 is 0 Å². The van der Waals surface area contributed by atoms with Gasteiger partial charge in [0.15, 0.2) is 0 Å². The molecule has 100 valence electrons. The highest BCUT2D eigenvalue weighted by Crippen LogP contribution is 2.33. The summed E-state index contributed by atoms with van der Waals surface area (Å²) in [6, 6.07) is 7.44. The Hall–Kier alpha value is -1.52. The van der Waals surface area contributed by atoms with Crippen LogP contribution in [0, 0.1) is 0 Å². The maximum Gasteiger partial charge on any atom is 0.270 e. The van der Waals surface area contributed by atoms with E-state index in [1.54, 1.807) is 0 Å². The van der Waals surface area contributed by atoms with Gasteiger partial charge in [-0.05, 0) is 24.1 Å². The minimum absolute atomic E-state index is 0.107. The van der Waals surface area contributed by atoms with Gasteiger partial charge in [0.05, 0.1) is 11.7 Å². The quantitative estimate of drug-likeness (QED) is 0.887. The Kier molecular flexibility index (Phi) is 3.21. The molecule has 19 heavy (non-hydrogen) atoms. The zero-order chi connectivity index (χ0) is 13.4. The molecule has 1 aromatic heterocycles. The Morgan fingerprint density at radius 2 is 2.05 bits per heavy atom. The van der Waals surface area contributed by atoms with E-state index in [0.717, 1.165) is 24.1 Å². The fourth-order valence-electron chi connectivity index (χ4n) is 2.50. The van der Waals surface area contributed by atoms with Crippen molar-refractivity contribution in [2.45, 2.75) is 32.0 Å². The van der Waals surface area contributed by atoms with Crippen LogP contribution in [0.4, 0.5) is 0 Å². The lowest BCUT2D eigenvalue weighted by Gasteiger charge is -2.29. The summed E-state index contributed by atoms with van der Waals surface area (Å²) in [5.41, 5.74) is 2.48. The average molecular weight is 279 g/mol. The van der Waals surface area contributed by atoms with Crippen LogP contribution >= 0.6 is 11.6 Å². The van der Waals surface area contributed by atoms with Crippen LogP contribution in [0.1, 0.15) is 36.3 Å². The van der Waals surface area contributed by atoms with E-state index >= 15 is 0 Å². The number of rotatable bonds is 2. The first-order chi connectivity index (χ1) is 9.19. The number of H-pyrrole nitrogens is 2. The van der Waals surface area contributed by atoms with E-state index in [1.807, 2.05) is 24.3 Å². The molecule has 2 N–H and O–H groups in total. The lowest BCUT2D eigenvalue weighted by atomic mass is 9.95. The van der Waals surface area contributed by atoms with Crippen LogP contribution in [-0.4, -0.2) is 16.3 Å². The van der Waals surface area contributed by atoms with Gasteiger partial charge < -0.3 is 9.84 Å². The number of benzene rings is 1. The molecular weight excluding hydrogens is 264 g/mol. The zero-order valence-corrected chi connectivity index (χ0v) is 11.3. The molecule has 0 bridgehead atoms. The molecule has 1 aliphatic rings. The molecule has 3 rings (SSSR count). The molecule has 0 radical (unpaired) electrons. The molecule has 0 unspecified atom stereocenters. The number of halogens is 1. The van der Waals surface area contributed by atoms with Gasteiger partial charge in [0.1, 0.15) is 6.10 Å². The first-order valence-corrected chi connectivity index (χ1v) is 6.77. The Morgan fingerprint density at radius 3 is 2.74 bits per heavy atom. The van der Waals surface area contributed by atoms with Crippen LogP contribution in [0.2, 0.25) is 5.02 Å². The predicted octanol–water partition coefficient (Wildman–Crippen LogP) is 2.80. The van der Waals surface area contributed by atoms with E-state index in [4.69, 9.17) is 16.3 Å². The Labute approximate surface area is 115 Å². The molecule has 1 aromatic carbocycles. The van der Waals surface area contributed by atoms with Crippen molar-refractivity contribution < 1.29 is 4.74 Å². The van der Waals surface area contributed by atoms with E-state index in [-0.39, 0.29) is 17.8 Å². The summed E-state index contributed by atoms with van der Waals surface area (Å²) in [6.07, 6.45) is 1.46. The Balaban J connectivity index is 2.06. The summed E-state index contributed by atoms with van der Waals surface area (Å²) in [6.45, 7) is 2.08. The lowest BCUT2D eigenvalue weighted by molar-refractivity contribution is -0.00660. The van der Waals surface area contributed by atoms with Crippen LogP contribution in [0.5, 0.6) is 0 Å². The second-order valence-corrected chi connectivity index (χ2v) is 5.21. The third-order valence-corrected chi connectivity index (χ3v) is 3.80. The van der Waals surface area contributed by atoms with Gasteiger partial charge in [0.2, 0.25) is 0 Å². The van der Waals surface area contributed by atoms with Crippen LogP contribution in [-0.2, 0) is 11.2 Å². The normalized spacial score (nSPS) is 22.2. The number of nitrogens with one attached hydrogen (secondary N) is 2. The van der Waals surface area contributed by atoms with E-state index in [9.17, 15) is 4.79 Å². The fourth-order valence-corrected chi connectivity index (χ4v) is 2.63. The molecule has 1 aliphatic heterocycles. The van der Waals surface area contributed by atoms with Crippen molar-refractivity contribution in [3.8, 4) is 0 Å². The molecule has 2 aromatic rings. The summed E-state index contributed by atoms with van der Waals surface area (Å²) in [5.74, 6) is 0. The van der Waals surface area contributed by atoms with Crippen molar-refractivity contribution in [3.63, 3.8) is 0 Å². The monoisotopic (exact) mass is 278 g/mol. The molecule has 2 atom stereocenters. The van der Waals surface area contributed by atoms with Crippen molar-refractivity contribution in [3.05, 3.63) is 56.5 Å². The molecule has 0 aliphatic carbocycles. The first kappa shape index (κ1) is 12.5. The molecule has 0 fully saturated rings. The van der Waals surface area contributed by atoms with Gasteiger partial charge in [0.25, 0.3) is 5.56 Å². The third kappa shape index (κ3) is 2.22. The largest absolute Gasteiger partial charge is 0.365 e. The van der Waals surface area contributed by atoms with Gasteiger partial charge in [-0.25, -0.2) is 0 Å². The summed E-state index contributed by atoms with van der Waals surface area (Å²) < 4.78 is 6.04. The molecule has 0 amide bonds. The maximum atomic E-state index is 11.9. The maximum absolute atomic E-state index is 11.9. The molecule has 0 saturated carbocycles. The highest BCUT2D eigenvalue weighted by molar-refractivity contribution is 6.30. The minimum atomic E-state index is -0.319. The smallest absolute Gasteiger partial charge is 0.270 e. The summed E-state index contributed by atoms with van der Waals surface area (Å²) >= 11 is 5.90. The fraction of sp³-hybridized carbons (Fsp3) is 0.357. The first-order valence-electron chi connectivity index (χ1n) is 6.39. The van der Waals surface area contributed by atoms with Crippen molar-refractivity contribution in [1.82, 2.24) is 10.2 Å². The summed E-state index contributed by atoms with van der Waals surface area (Å²) in [4.78, 5) is 11.9. The standard InChI is InChI=1S/C14H15ClN2O2/c1-2-10-7-11-12(14(18)17-16-11)13(19-10)8-3-5-9(15)6-4-8/h3-6,10,13H,2,7H2,1H3,(H2,16,17,18)/t10-,13-/m1/s1. The van der Waals surface area contributed by atoms with Gasteiger partial charge in [-0.3, -0.25) is 9.89 Å². The van der Waals surface area contributed by atoms with Crippen LogP contribution < -0.4 is 5.56 Å². The minimum Gasteiger partial charge on any atom is -0.365 e. The Bertz CT molecular complexity index is 630. The number of aromatic nitrogens is 2. The predicted molar refractivity (Wildman–Crippen MR) is 73.6 cm³/mol. The number of fused-ring (bicyclic) bond motifs is 1. The molecule has 5 heteroatoms. The van der Waals surface area contributed by atoms with Crippen LogP contribution in [0.15, 0.2) is 29.1 Å². The average Bonchev–Trinajstić information content (AvgIpc) is 2.80. The van der Waals surface area contributed by atoms with Gasteiger partial charge in [-0.2, -0.15) is 0 Å². The molecular formula is C14H15ClN2O2. The van der Waals surface area contributed by atoms with E-state index < -0.39 is 0 Å². The summed E-state index contributed by atoms with van der Waals surface area (Å²) in [7, 11) is 0. The summed E-state index contributed by atoms with van der Waals surface area (Å²) in [5, 5.41) is 6.28. The van der Waals surface area contributed by atoms with Crippen molar-refractivity contribution >= 4 is 11.6 Å². The van der Waals surface area contributed by atoms with Crippen molar-refractivity contribution in [2.75, 3.05) is 0 Å². The van der Waals surface area contributed by atoms with Gasteiger partial charge in [0, 0.05) is 17.1 Å². The van der Waals surface area contributed by atoms with Gasteiger partial charge in [-0.15, -0.1) is 0 Å². The molecule has 0 spiro atoms. The van der Waals surface area contributed by atoms with E-state index in [1.165, 1.54) is 0 Å². The van der Waals surface area contributed by atoms with Crippen molar-refractivity contribution in [2.24, 2.45) is 0 Å². The third-order valence-electron chi connectivity index (χ3n) is 3.55. The van der Waals surface area contributed by atoms with Crippen molar-refractivity contribution in [1.29, 1.82) is 0 Å². The zero-order valence-electron chi connectivity index (χ0n) is 10.6. The SMILES string of the molecule is CC[C@@H]1Cc2[nH][nH]c(=O)c2[C@@H](c2ccc(Cl)cc2)O1.